The molecule has 0 aromatic carbocycles. The first kappa shape index (κ1) is 15.4. The molecule has 1 aliphatic rings. The molecule has 0 radical (unpaired) electrons. The Morgan fingerprint density at radius 1 is 1.55 bits per heavy atom. The minimum atomic E-state index is -3.46. The second-order valence-electron chi connectivity index (χ2n) is 5.05. The summed E-state index contributed by atoms with van der Waals surface area (Å²) in [5.41, 5.74) is 5.44. The van der Waals surface area contributed by atoms with Crippen molar-refractivity contribution >= 4 is 10.0 Å². The number of rotatable bonds is 6. The molecular formula is C12H22N4O3S. The van der Waals surface area contributed by atoms with E-state index in [0.717, 1.165) is 12.8 Å². The van der Waals surface area contributed by atoms with E-state index in [-0.39, 0.29) is 10.8 Å². The number of sulfonamides is 1. The summed E-state index contributed by atoms with van der Waals surface area (Å²) in [7, 11) is -1.81. The van der Waals surface area contributed by atoms with Crippen LogP contribution in [0.1, 0.15) is 12.8 Å². The molecule has 114 valence electrons. The Morgan fingerprint density at radius 3 is 3.05 bits per heavy atom. The highest BCUT2D eigenvalue weighted by molar-refractivity contribution is 7.89. The van der Waals surface area contributed by atoms with E-state index >= 15 is 0 Å². The first-order valence-electron chi connectivity index (χ1n) is 6.79. The maximum atomic E-state index is 12.6. The Hall–Kier alpha value is -0.960. The molecule has 1 aromatic rings. The van der Waals surface area contributed by atoms with E-state index < -0.39 is 10.0 Å². The third-order valence-corrected chi connectivity index (χ3v) is 5.31. The lowest BCUT2D eigenvalue weighted by Gasteiger charge is -2.31. The summed E-state index contributed by atoms with van der Waals surface area (Å²) in [4.78, 5) is 0.240. The lowest BCUT2D eigenvalue weighted by molar-refractivity contribution is 0.118. The lowest BCUT2D eigenvalue weighted by atomic mass is 10.0. The van der Waals surface area contributed by atoms with E-state index in [1.54, 1.807) is 18.0 Å². The Morgan fingerprint density at radius 2 is 2.35 bits per heavy atom. The van der Waals surface area contributed by atoms with Crippen LogP contribution < -0.4 is 5.73 Å². The zero-order valence-electron chi connectivity index (χ0n) is 11.7. The van der Waals surface area contributed by atoms with Gasteiger partial charge in [-0.2, -0.15) is 9.40 Å². The molecule has 8 heteroatoms. The predicted molar refractivity (Wildman–Crippen MR) is 74.6 cm³/mol. The molecule has 2 heterocycles. The number of hydrogen-bond acceptors (Lipinski definition) is 5. The molecule has 1 aliphatic heterocycles. The molecule has 7 nitrogen and oxygen atoms in total. The minimum absolute atomic E-state index is 0.240. The molecule has 1 saturated heterocycles. The number of aromatic nitrogens is 2. The van der Waals surface area contributed by atoms with Gasteiger partial charge in [-0.15, -0.1) is 0 Å². The van der Waals surface area contributed by atoms with E-state index in [9.17, 15) is 8.42 Å². The van der Waals surface area contributed by atoms with Crippen LogP contribution in [0, 0.1) is 5.92 Å². The first-order valence-corrected chi connectivity index (χ1v) is 8.23. The van der Waals surface area contributed by atoms with Crippen molar-refractivity contribution in [1.82, 2.24) is 14.1 Å². The molecule has 1 fully saturated rings. The van der Waals surface area contributed by atoms with Gasteiger partial charge in [0.1, 0.15) is 4.90 Å². The van der Waals surface area contributed by atoms with E-state index in [4.69, 9.17) is 10.5 Å². The fourth-order valence-electron chi connectivity index (χ4n) is 2.50. The Labute approximate surface area is 119 Å². The topological polar surface area (TPSA) is 90.5 Å². The summed E-state index contributed by atoms with van der Waals surface area (Å²) in [5.74, 6) is 0.266. The van der Waals surface area contributed by atoms with Gasteiger partial charge in [-0.1, -0.05) is 0 Å². The quantitative estimate of drug-likeness (QED) is 0.792. The van der Waals surface area contributed by atoms with Crippen LogP contribution in [-0.4, -0.2) is 55.9 Å². The third kappa shape index (κ3) is 3.38. The molecular weight excluding hydrogens is 280 g/mol. The van der Waals surface area contributed by atoms with Crippen LogP contribution in [0.3, 0.4) is 0 Å². The second-order valence-corrected chi connectivity index (χ2v) is 6.99. The second kappa shape index (κ2) is 6.66. The molecule has 20 heavy (non-hydrogen) atoms. The van der Waals surface area contributed by atoms with Gasteiger partial charge >= 0.3 is 0 Å². The van der Waals surface area contributed by atoms with Crippen molar-refractivity contribution in [2.24, 2.45) is 11.7 Å². The number of ether oxygens (including phenoxy) is 1. The highest BCUT2D eigenvalue weighted by Crippen LogP contribution is 2.23. The van der Waals surface area contributed by atoms with Gasteiger partial charge in [0.05, 0.1) is 19.3 Å². The van der Waals surface area contributed by atoms with Crippen LogP contribution in [0.2, 0.25) is 0 Å². The van der Waals surface area contributed by atoms with Gasteiger partial charge in [-0.05, 0) is 18.8 Å². The van der Waals surface area contributed by atoms with E-state index in [2.05, 4.69) is 5.10 Å². The normalized spacial score (nSPS) is 21.2. The summed E-state index contributed by atoms with van der Waals surface area (Å²) in [5, 5.41) is 4.03. The van der Waals surface area contributed by atoms with Crippen LogP contribution in [0.15, 0.2) is 17.3 Å². The fourth-order valence-corrected chi connectivity index (χ4v) is 4.01. The average Bonchev–Trinajstić information content (AvgIpc) is 2.89. The van der Waals surface area contributed by atoms with E-state index in [1.165, 1.54) is 10.5 Å². The molecule has 0 bridgehead atoms. The van der Waals surface area contributed by atoms with Crippen molar-refractivity contribution < 1.29 is 13.2 Å². The highest BCUT2D eigenvalue weighted by atomic mass is 32.2. The van der Waals surface area contributed by atoms with Gasteiger partial charge in [0.15, 0.2) is 0 Å². The smallest absolute Gasteiger partial charge is 0.246 e. The molecule has 0 spiro atoms. The summed E-state index contributed by atoms with van der Waals surface area (Å²) < 4.78 is 33.3. The fraction of sp³-hybridized carbons (Fsp3) is 0.750. The van der Waals surface area contributed by atoms with Crippen molar-refractivity contribution in [3.63, 3.8) is 0 Å². The van der Waals surface area contributed by atoms with Crippen LogP contribution in [0.5, 0.6) is 0 Å². The maximum Gasteiger partial charge on any atom is 0.246 e. The van der Waals surface area contributed by atoms with Gasteiger partial charge in [0, 0.05) is 32.9 Å². The summed E-state index contributed by atoms with van der Waals surface area (Å²) >= 11 is 0. The maximum absolute atomic E-state index is 12.6. The zero-order chi connectivity index (χ0) is 14.6. The molecule has 0 saturated carbocycles. The lowest BCUT2D eigenvalue weighted by Crippen LogP contribution is -2.41. The van der Waals surface area contributed by atoms with E-state index in [1.807, 2.05) is 0 Å². The number of methoxy groups -OCH3 is 1. The minimum Gasteiger partial charge on any atom is -0.384 e. The molecule has 0 amide bonds. The van der Waals surface area contributed by atoms with Gasteiger partial charge in [0.2, 0.25) is 10.0 Å². The summed E-state index contributed by atoms with van der Waals surface area (Å²) in [6, 6.07) is 0. The van der Waals surface area contributed by atoms with Crippen molar-refractivity contribution in [3.8, 4) is 0 Å². The van der Waals surface area contributed by atoms with Crippen molar-refractivity contribution in [2.45, 2.75) is 24.3 Å². The molecule has 1 unspecified atom stereocenters. The van der Waals surface area contributed by atoms with Crippen molar-refractivity contribution in [1.29, 1.82) is 0 Å². The van der Waals surface area contributed by atoms with Gasteiger partial charge in [0.25, 0.3) is 0 Å². The molecule has 2 N–H and O–H groups in total. The SMILES string of the molecule is COCC1CCCN(S(=O)(=O)c2cnn(CCN)c2)C1. The van der Waals surface area contributed by atoms with E-state index in [0.29, 0.717) is 32.8 Å². The van der Waals surface area contributed by atoms with Crippen LogP contribution in [0.25, 0.3) is 0 Å². The number of hydrogen-bond donors (Lipinski definition) is 1. The van der Waals surface area contributed by atoms with Gasteiger partial charge < -0.3 is 10.5 Å². The Balaban J connectivity index is 2.12. The average molecular weight is 302 g/mol. The monoisotopic (exact) mass is 302 g/mol. The largest absolute Gasteiger partial charge is 0.384 e. The highest BCUT2D eigenvalue weighted by Gasteiger charge is 2.31. The molecule has 1 aromatic heterocycles. The molecule has 1 atom stereocenters. The van der Waals surface area contributed by atoms with Crippen LogP contribution in [0.4, 0.5) is 0 Å². The number of nitrogens with two attached hydrogens (primary N) is 1. The Bertz CT molecular complexity index is 527. The summed E-state index contributed by atoms with van der Waals surface area (Å²) in [6.45, 7) is 2.62. The van der Waals surface area contributed by atoms with Gasteiger partial charge in [-0.25, -0.2) is 8.42 Å². The van der Waals surface area contributed by atoms with Crippen LogP contribution in [-0.2, 0) is 21.3 Å². The standard InChI is InChI=1S/C12H22N4O3S/c1-19-10-11-3-2-5-16(8-11)20(17,18)12-7-14-15(9-12)6-4-13/h7,9,11H,2-6,8,10,13H2,1H3. The number of piperidine rings is 1. The Kier molecular flexibility index (Phi) is 5.14. The van der Waals surface area contributed by atoms with Gasteiger partial charge in [-0.3, -0.25) is 4.68 Å². The third-order valence-electron chi connectivity index (χ3n) is 3.49. The molecule has 2 rings (SSSR count). The summed E-state index contributed by atoms with van der Waals surface area (Å²) in [6.07, 6.45) is 4.81. The van der Waals surface area contributed by atoms with Crippen LogP contribution >= 0.6 is 0 Å². The van der Waals surface area contributed by atoms with Crippen molar-refractivity contribution in [3.05, 3.63) is 12.4 Å². The first-order chi connectivity index (χ1) is 9.57. The molecule has 0 aliphatic carbocycles. The zero-order valence-corrected chi connectivity index (χ0v) is 12.6. The predicted octanol–water partition coefficient (Wildman–Crippen LogP) is -0.111. The van der Waals surface area contributed by atoms with Crippen molar-refractivity contribution in [2.75, 3.05) is 33.4 Å². The number of nitrogens with zero attached hydrogens (tertiary/aromatic N) is 3.